The number of rotatable bonds is 8. The van der Waals surface area contributed by atoms with Crippen molar-refractivity contribution in [3.8, 4) is 5.69 Å². The zero-order chi connectivity index (χ0) is 27.4. The summed E-state index contributed by atoms with van der Waals surface area (Å²) in [5.74, 6) is -0.593. The lowest BCUT2D eigenvalue weighted by Gasteiger charge is -2.24. The first-order valence-electron chi connectivity index (χ1n) is 12.0. The van der Waals surface area contributed by atoms with Crippen LogP contribution in [0.3, 0.4) is 0 Å². The predicted octanol–water partition coefficient (Wildman–Crippen LogP) is 5.71. The molecule has 0 atom stereocenters. The van der Waals surface area contributed by atoms with Crippen molar-refractivity contribution < 1.29 is 13.2 Å². The van der Waals surface area contributed by atoms with Crippen LogP contribution in [0.1, 0.15) is 28.1 Å². The van der Waals surface area contributed by atoms with E-state index < -0.39 is 22.5 Å². The number of carbonyl (C=O) groups excluding carboxylic acids is 1. The molecule has 0 fully saturated rings. The molecule has 4 aromatic rings. The Hall–Kier alpha value is -3.88. The molecule has 0 saturated heterocycles. The molecular weight excluding hydrogens is 520 g/mol. The van der Waals surface area contributed by atoms with Crippen molar-refractivity contribution >= 4 is 39.4 Å². The van der Waals surface area contributed by atoms with Crippen LogP contribution in [0.25, 0.3) is 5.69 Å². The first kappa shape index (κ1) is 27.2. The predicted molar refractivity (Wildman–Crippen MR) is 153 cm³/mol. The molecule has 196 valence electrons. The Morgan fingerprint density at radius 1 is 0.974 bits per heavy atom. The Balaban J connectivity index is 1.56. The lowest BCUT2D eigenvalue weighted by molar-refractivity contribution is -0.119. The molecule has 4 rings (SSSR count). The van der Waals surface area contributed by atoms with Gasteiger partial charge in [-0.3, -0.25) is 9.10 Å². The van der Waals surface area contributed by atoms with Crippen LogP contribution >= 0.6 is 11.6 Å². The normalized spacial score (nSPS) is 11.6. The largest absolute Gasteiger partial charge is 0.318 e. The Bertz CT molecular complexity index is 1600. The second kappa shape index (κ2) is 11.2. The molecule has 7 nitrogen and oxygen atoms in total. The number of hydrazone groups is 1. The third kappa shape index (κ3) is 5.82. The summed E-state index contributed by atoms with van der Waals surface area (Å²) >= 11 is 6.28. The maximum absolute atomic E-state index is 13.5. The number of halogens is 1. The summed E-state index contributed by atoms with van der Waals surface area (Å²) in [7, 11) is -4.04. The molecule has 1 N–H and O–H groups in total. The lowest BCUT2D eigenvalue weighted by Crippen LogP contribution is -2.39. The fourth-order valence-corrected chi connectivity index (χ4v) is 5.73. The SMILES string of the molecule is Cc1ccc(-n2c(C)cc(/C=N/NC(=O)CN(c3ccc(C)c(Cl)c3)S(=O)(=O)c3ccccc3)c2C)cc1. The first-order valence-corrected chi connectivity index (χ1v) is 13.8. The lowest BCUT2D eigenvalue weighted by atomic mass is 10.2. The van der Waals surface area contributed by atoms with Crippen LogP contribution in [0.5, 0.6) is 0 Å². The Labute approximate surface area is 228 Å². The zero-order valence-corrected chi connectivity index (χ0v) is 23.2. The van der Waals surface area contributed by atoms with E-state index in [-0.39, 0.29) is 10.6 Å². The second-order valence-corrected chi connectivity index (χ2v) is 11.3. The summed E-state index contributed by atoms with van der Waals surface area (Å²) in [4.78, 5) is 13.0. The summed E-state index contributed by atoms with van der Waals surface area (Å²) < 4.78 is 30.1. The van der Waals surface area contributed by atoms with Gasteiger partial charge in [-0.2, -0.15) is 5.10 Å². The smallest absolute Gasteiger partial charge is 0.264 e. The van der Waals surface area contributed by atoms with E-state index >= 15 is 0 Å². The van der Waals surface area contributed by atoms with E-state index in [1.807, 2.05) is 33.8 Å². The van der Waals surface area contributed by atoms with Gasteiger partial charge in [-0.25, -0.2) is 13.8 Å². The van der Waals surface area contributed by atoms with E-state index in [4.69, 9.17) is 11.6 Å². The molecule has 1 heterocycles. The van der Waals surface area contributed by atoms with Gasteiger partial charge in [0.15, 0.2) is 0 Å². The van der Waals surface area contributed by atoms with Crippen molar-refractivity contribution in [3.05, 3.63) is 112 Å². The maximum Gasteiger partial charge on any atom is 0.264 e. The Morgan fingerprint density at radius 2 is 1.66 bits per heavy atom. The van der Waals surface area contributed by atoms with Gasteiger partial charge in [0, 0.05) is 27.7 Å². The van der Waals surface area contributed by atoms with Crippen LogP contribution < -0.4 is 9.73 Å². The number of nitrogens with zero attached hydrogens (tertiary/aromatic N) is 3. The molecule has 0 spiro atoms. The van der Waals surface area contributed by atoms with Gasteiger partial charge in [0.05, 0.1) is 16.8 Å². The van der Waals surface area contributed by atoms with Gasteiger partial charge in [0.2, 0.25) is 0 Å². The van der Waals surface area contributed by atoms with Crippen LogP contribution in [-0.2, 0) is 14.8 Å². The molecule has 1 amide bonds. The van der Waals surface area contributed by atoms with Gasteiger partial charge in [-0.15, -0.1) is 0 Å². The third-order valence-corrected chi connectivity index (χ3v) is 8.41. The van der Waals surface area contributed by atoms with E-state index in [2.05, 4.69) is 39.4 Å². The summed E-state index contributed by atoms with van der Waals surface area (Å²) in [6.45, 7) is 7.36. The standard InChI is InChI=1S/C29H29ClN4O3S/c1-20-10-13-25(14-11-20)34-22(3)16-24(23(34)4)18-31-32-29(35)19-33(26-15-12-21(2)28(30)17-26)38(36,37)27-8-6-5-7-9-27/h5-18H,19H2,1-4H3,(H,32,35)/b31-18+. The average Bonchev–Trinajstić information content (AvgIpc) is 3.18. The van der Waals surface area contributed by atoms with Crippen molar-refractivity contribution in [2.75, 3.05) is 10.8 Å². The second-order valence-electron chi connectivity index (χ2n) is 9.05. The van der Waals surface area contributed by atoms with Gasteiger partial charge >= 0.3 is 0 Å². The van der Waals surface area contributed by atoms with Gasteiger partial charge in [-0.05, 0) is 75.7 Å². The molecule has 0 bridgehead atoms. The molecule has 1 aromatic heterocycles. The number of sulfonamides is 1. The summed E-state index contributed by atoms with van der Waals surface area (Å²) in [6.07, 6.45) is 1.56. The van der Waals surface area contributed by atoms with E-state index in [0.717, 1.165) is 32.5 Å². The highest BCUT2D eigenvalue weighted by Gasteiger charge is 2.27. The van der Waals surface area contributed by atoms with Crippen molar-refractivity contribution in [1.29, 1.82) is 0 Å². The topological polar surface area (TPSA) is 83.8 Å². The monoisotopic (exact) mass is 548 g/mol. The van der Waals surface area contributed by atoms with Crippen molar-refractivity contribution in [1.82, 2.24) is 9.99 Å². The summed E-state index contributed by atoms with van der Waals surface area (Å²) in [5, 5.41) is 4.51. The number of anilines is 1. The molecule has 0 aliphatic carbocycles. The molecule has 0 radical (unpaired) electrons. The van der Waals surface area contributed by atoms with E-state index in [9.17, 15) is 13.2 Å². The van der Waals surface area contributed by atoms with Crippen molar-refractivity contribution in [3.63, 3.8) is 0 Å². The molecule has 0 unspecified atom stereocenters. The molecule has 0 saturated carbocycles. The minimum absolute atomic E-state index is 0.0662. The van der Waals surface area contributed by atoms with E-state index in [0.29, 0.717) is 5.02 Å². The highest BCUT2D eigenvalue weighted by atomic mass is 35.5. The Morgan fingerprint density at radius 3 is 2.32 bits per heavy atom. The number of benzene rings is 3. The number of aromatic nitrogens is 1. The van der Waals surface area contributed by atoms with Crippen molar-refractivity contribution in [2.24, 2.45) is 5.10 Å². The zero-order valence-electron chi connectivity index (χ0n) is 21.6. The maximum atomic E-state index is 13.5. The van der Waals surface area contributed by atoms with E-state index in [1.165, 1.54) is 23.8 Å². The molecule has 0 aliphatic rings. The molecule has 3 aromatic carbocycles. The van der Waals surface area contributed by atoms with Crippen LogP contribution in [0, 0.1) is 27.7 Å². The summed E-state index contributed by atoms with van der Waals surface area (Å²) in [6, 6.07) is 23.0. The molecular formula is C29H29ClN4O3S. The fraction of sp³-hybridized carbons (Fsp3) is 0.172. The highest BCUT2D eigenvalue weighted by Crippen LogP contribution is 2.28. The number of nitrogens with one attached hydrogen (secondary N) is 1. The fourth-order valence-electron chi connectivity index (χ4n) is 4.12. The van der Waals surface area contributed by atoms with Crippen LogP contribution in [0.4, 0.5) is 5.69 Å². The minimum Gasteiger partial charge on any atom is -0.318 e. The molecule has 9 heteroatoms. The van der Waals surface area contributed by atoms with Crippen LogP contribution in [0.15, 0.2) is 88.9 Å². The van der Waals surface area contributed by atoms with Crippen LogP contribution in [0.2, 0.25) is 5.02 Å². The van der Waals surface area contributed by atoms with Crippen molar-refractivity contribution in [2.45, 2.75) is 32.6 Å². The highest BCUT2D eigenvalue weighted by molar-refractivity contribution is 7.92. The van der Waals surface area contributed by atoms with Gasteiger partial charge < -0.3 is 4.57 Å². The van der Waals surface area contributed by atoms with E-state index in [1.54, 1.807) is 36.5 Å². The van der Waals surface area contributed by atoms with Gasteiger partial charge in [-0.1, -0.05) is 53.6 Å². The van der Waals surface area contributed by atoms with Crippen LogP contribution in [-0.4, -0.2) is 31.7 Å². The minimum atomic E-state index is -4.04. The summed E-state index contributed by atoms with van der Waals surface area (Å²) in [5.41, 5.74) is 8.58. The number of aryl methyl sites for hydroxylation is 3. The van der Waals surface area contributed by atoms with Gasteiger partial charge in [0.25, 0.3) is 15.9 Å². The Kier molecular flexibility index (Phi) is 8.04. The number of carbonyl (C=O) groups is 1. The number of amides is 1. The number of hydrogen-bond donors (Lipinski definition) is 1. The number of hydrogen-bond acceptors (Lipinski definition) is 4. The first-order chi connectivity index (χ1) is 18.1. The quantitative estimate of drug-likeness (QED) is 0.226. The molecule has 38 heavy (non-hydrogen) atoms. The molecule has 0 aliphatic heterocycles. The van der Waals surface area contributed by atoms with Gasteiger partial charge in [0.1, 0.15) is 6.54 Å². The third-order valence-electron chi connectivity index (χ3n) is 6.22. The average molecular weight is 549 g/mol.